The predicted molar refractivity (Wildman–Crippen MR) is 74.6 cm³/mol. The van der Waals surface area contributed by atoms with E-state index in [2.05, 4.69) is 10.1 Å². The van der Waals surface area contributed by atoms with Gasteiger partial charge in [-0.3, -0.25) is 9.59 Å². The van der Waals surface area contributed by atoms with Crippen molar-refractivity contribution < 1.29 is 33.8 Å². The second-order valence-electron chi connectivity index (χ2n) is 5.43. The van der Waals surface area contributed by atoms with E-state index in [-0.39, 0.29) is 6.61 Å². The van der Waals surface area contributed by atoms with Gasteiger partial charge in [0.15, 0.2) is 0 Å². The van der Waals surface area contributed by atoms with Crippen LogP contribution in [0.5, 0.6) is 0 Å². The summed E-state index contributed by atoms with van der Waals surface area (Å²) < 4.78 is 9.71. The van der Waals surface area contributed by atoms with Crippen LogP contribution in [0.15, 0.2) is 0 Å². The molecule has 0 radical (unpaired) electrons. The fourth-order valence-electron chi connectivity index (χ4n) is 1.33. The van der Waals surface area contributed by atoms with Crippen LogP contribution >= 0.6 is 0 Å². The number of nitrogens with two attached hydrogens (primary N) is 1. The molecule has 0 aliphatic heterocycles. The summed E-state index contributed by atoms with van der Waals surface area (Å²) in [5.74, 6) is -4.27. The van der Waals surface area contributed by atoms with Crippen LogP contribution in [0.4, 0.5) is 0 Å². The lowest BCUT2D eigenvalue weighted by Crippen LogP contribution is -2.54. The number of ether oxygens (including phenoxy) is 2. The second-order valence-corrected chi connectivity index (χ2v) is 5.43. The third-order valence-electron chi connectivity index (χ3n) is 2.18. The maximum Gasteiger partial charge on any atom is 0.340 e. The van der Waals surface area contributed by atoms with Gasteiger partial charge >= 0.3 is 17.9 Å². The number of nitrogens with one attached hydrogen (secondary N) is 1. The van der Waals surface area contributed by atoms with E-state index >= 15 is 0 Å². The standard InChI is InChI=1S/C13H22N2O7/c1-5-21-11(19)9(12(20)22-13(2,3)4)15-10(18)7(14)6-8(16)17/h7,9H,5-6,14H2,1-4H3,(H,15,18)(H,16,17). The van der Waals surface area contributed by atoms with Crippen LogP contribution in [0.3, 0.4) is 0 Å². The topological polar surface area (TPSA) is 145 Å². The van der Waals surface area contributed by atoms with Crippen LogP contribution in [0.1, 0.15) is 34.1 Å². The quantitative estimate of drug-likeness (QED) is 0.407. The molecule has 0 saturated carbocycles. The molecule has 9 heteroatoms. The number of carbonyl (C=O) groups is 4. The average molecular weight is 318 g/mol. The lowest BCUT2D eigenvalue weighted by molar-refractivity contribution is -0.166. The fourth-order valence-corrected chi connectivity index (χ4v) is 1.33. The first-order valence-electron chi connectivity index (χ1n) is 6.65. The van der Waals surface area contributed by atoms with E-state index < -0.39 is 47.9 Å². The maximum absolute atomic E-state index is 12.0. The number of carbonyl (C=O) groups excluding carboxylic acids is 3. The molecule has 4 N–H and O–H groups in total. The van der Waals surface area contributed by atoms with Gasteiger partial charge in [0.2, 0.25) is 11.9 Å². The molecular weight excluding hydrogens is 296 g/mol. The molecule has 0 heterocycles. The average Bonchev–Trinajstić information content (AvgIpc) is 2.32. The molecule has 0 aromatic heterocycles. The van der Waals surface area contributed by atoms with Gasteiger partial charge in [-0.25, -0.2) is 9.59 Å². The van der Waals surface area contributed by atoms with Gasteiger partial charge in [-0.05, 0) is 27.7 Å². The van der Waals surface area contributed by atoms with E-state index in [0.717, 1.165) is 0 Å². The monoisotopic (exact) mass is 318 g/mol. The summed E-state index contributed by atoms with van der Waals surface area (Å²) in [6.45, 7) is 6.29. The van der Waals surface area contributed by atoms with Crippen LogP contribution in [-0.2, 0) is 28.7 Å². The third-order valence-corrected chi connectivity index (χ3v) is 2.18. The van der Waals surface area contributed by atoms with Gasteiger partial charge in [0.05, 0.1) is 19.1 Å². The van der Waals surface area contributed by atoms with Crippen LogP contribution < -0.4 is 11.1 Å². The van der Waals surface area contributed by atoms with Crippen LogP contribution in [-0.4, -0.2) is 53.2 Å². The second kappa shape index (κ2) is 8.32. The van der Waals surface area contributed by atoms with Gasteiger partial charge in [-0.1, -0.05) is 0 Å². The lowest BCUT2D eigenvalue weighted by atomic mass is 10.1. The number of hydrogen-bond donors (Lipinski definition) is 3. The molecule has 0 aliphatic carbocycles. The Bertz CT molecular complexity index is 442. The van der Waals surface area contributed by atoms with E-state index in [1.54, 1.807) is 20.8 Å². The van der Waals surface area contributed by atoms with E-state index in [0.29, 0.717) is 0 Å². The van der Waals surface area contributed by atoms with Crippen molar-refractivity contribution in [2.75, 3.05) is 6.61 Å². The molecule has 9 nitrogen and oxygen atoms in total. The number of carboxylic acids is 1. The van der Waals surface area contributed by atoms with Gasteiger partial charge in [0.1, 0.15) is 5.60 Å². The highest BCUT2D eigenvalue weighted by molar-refractivity contribution is 6.03. The van der Waals surface area contributed by atoms with Gasteiger partial charge < -0.3 is 25.6 Å². The number of carboxylic acid groups (broad SMARTS) is 1. The summed E-state index contributed by atoms with van der Waals surface area (Å²) in [5, 5.41) is 10.6. The van der Waals surface area contributed by atoms with Gasteiger partial charge in [-0.2, -0.15) is 0 Å². The molecule has 126 valence electrons. The smallest absolute Gasteiger partial charge is 0.340 e. The van der Waals surface area contributed by atoms with E-state index in [1.807, 2.05) is 0 Å². The molecule has 0 rings (SSSR count). The Kier molecular flexibility index (Phi) is 7.51. The van der Waals surface area contributed by atoms with E-state index in [9.17, 15) is 19.2 Å². The van der Waals surface area contributed by atoms with Crippen molar-refractivity contribution in [2.45, 2.75) is 51.8 Å². The Morgan fingerprint density at radius 1 is 1.18 bits per heavy atom. The lowest BCUT2D eigenvalue weighted by Gasteiger charge is -2.24. The summed E-state index contributed by atoms with van der Waals surface area (Å²) in [7, 11) is 0. The first-order chi connectivity index (χ1) is 9.97. The van der Waals surface area contributed by atoms with E-state index in [1.165, 1.54) is 6.92 Å². The molecular formula is C13H22N2O7. The Morgan fingerprint density at radius 2 is 1.73 bits per heavy atom. The number of hydrogen-bond acceptors (Lipinski definition) is 7. The highest BCUT2D eigenvalue weighted by Gasteiger charge is 2.35. The summed E-state index contributed by atoms with van der Waals surface area (Å²) in [6, 6.07) is -3.11. The summed E-state index contributed by atoms with van der Waals surface area (Å²) in [6.07, 6.45) is -0.643. The minimum atomic E-state index is -1.70. The highest BCUT2D eigenvalue weighted by Crippen LogP contribution is 2.09. The fraction of sp³-hybridized carbons (Fsp3) is 0.692. The first kappa shape index (κ1) is 19.8. The molecule has 0 aromatic carbocycles. The molecule has 0 aromatic rings. The van der Waals surface area contributed by atoms with Crippen LogP contribution in [0.2, 0.25) is 0 Å². The van der Waals surface area contributed by atoms with E-state index in [4.69, 9.17) is 15.6 Å². The van der Waals surface area contributed by atoms with Gasteiger partial charge in [0.25, 0.3) is 0 Å². The molecule has 0 bridgehead atoms. The molecule has 0 spiro atoms. The van der Waals surface area contributed by atoms with Crippen molar-refractivity contribution in [3.63, 3.8) is 0 Å². The number of aliphatic carboxylic acids is 1. The van der Waals surface area contributed by atoms with Crippen molar-refractivity contribution in [1.82, 2.24) is 5.32 Å². The molecule has 0 aliphatic rings. The molecule has 0 saturated heterocycles. The van der Waals surface area contributed by atoms with Crippen LogP contribution in [0.25, 0.3) is 0 Å². The van der Waals surface area contributed by atoms with Crippen molar-refractivity contribution in [3.8, 4) is 0 Å². The predicted octanol–water partition coefficient (Wildman–Crippen LogP) is -0.822. The van der Waals surface area contributed by atoms with Gasteiger partial charge in [-0.15, -0.1) is 0 Å². The van der Waals surface area contributed by atoms with Crippen molar-refractivity contribution >= 4 is 23.8 Å². The number of amides is 1. The molecule has 22 heavy (non-hydrogen) atoms. The van der Waals surface area contributed by atoms with Crippen molar-refractivity contribution in [2.24, 2.45) is 5.73 Å². The Hall–Kier alpha value is -2.16. The molecule has 1 amide bonds. The first-order valence-corrected chi connectivity index (χ1v) is 6.65. The summed E-state index contributed by atoms with van der Waals surface area (Å²) in [5.41, 5.74) is 4.49. The zero-order valence-electron chi connectivity index (χ0n) is 13.0. The van der Waals surface area contributed by atoms with Crippen LogP contribution in [0, 0.1) is 0 Å². The molecule has 0 fully saturated rings. The van der Waals surface area contributed by atoms with Crippen molar-refractivity contribution in [1.29, 1.82) is 0 Å². The Labute approximate surface area is 128 Å². The Balaban J connectivity index is 5.01. The zero-order valence-corrected chi connectivity index (χ0v) is 13.0. The minimum absolute atomic E-state index is 0.00478. The summed E-state index contributed by atoms with van der Waals surface area (Å²) >= 11 is 0. The van der Waals surface area contributed by atoms with Gasteiger partial charge in [0, 0.05) is 0 Å². The number of esters is 2. The number of rotatable bonds is 7. The maximum atomic E-state index is 12.0. The van der Waals surface area contributed by atoms with Crippen molar-refractivity contribution in [3.05, 3.63) is 0 Å². The Morgan fingerprint density at radius 3 is 2.14 bits per heavy atom. The molecule has 2 unspecified atom stereocenters. The summed E-state index contributed by atoms with van der Waals surface area (Å²) in [4.78, 5) is 46.0. The third kappa shape index (κ3) is 7.58. The highest BCUT2D eigenvalue weighted by atomic mass is 16.6. The zero-order chi connectivity index (χ0) is 17.5. The normalized spacial score (nSPS) is 13.7. The SMILES string of the molecule is CCOC(=O)C(NC(=O)C(N)CC(=O)O)C(=O)OC(C)(C)C. The minimum Gasteiger partial charge on any atom is -0.481 e. The molecule has 2 atom stereocenters. The largest absolute Gasteiger partial charge is 0.481 e.